The van der Waals surface area contributed by atoms with Gasteiger partial charge in [-0.2, -0.15) is 0 Å². The van der Waals surface area contributed by atoms with E-state index in [1.165, 1.54) is 39.3 Å². The summed E-state index contributed by atoms with van der Waals surface area (Å²) in [6, 6.07) is 0. The van der Waals surface area contributed by atoms with Crippen LogP contribution in [0.1, 0.15) is 34.6 Å². The lowest BCUT2D eigenvalue weighted by Crippen LogP contribution is -2.36. The molecular weight excluding hydrogens is 172 g/mol. The van der Waals surface area contributed by atoms with E-state index < -0.39 is 0 Å². The predicted octanol–water partition coefficient (Wildman–Crippen LogP) is 2.31. The van der Waals surface area contributed by atoms with Crippen molar-refractivity contribution in [3.05, 3.63) is 0 Å². The zero-order valence-corrected chi connectivity index (χ0v) is 10.7. The Bertz CT molecular complexity index is 119. The van der Waals surface area contributed by atoms with Crippen LogP contribution in [0, 0.1) is 5.92 Å². The van der Waals surface area contributed by atoms with Gasteiger partial charge in [-0.3, -0.25) is 0 Å². The molecule has 2 heteroatoms. The van der Waals surface area contributed by atoms with Gasteiger partial charge in [-0.25, -0.2) is 0 Å². The van der Waals surface area contributed by atoms with Crippen molar-refractivity contribution in [3.63, 3.8) is 0 Å². The van der Waals surface area contributed by atoms with Crippen LogP contribution in [-0.2, 0) is 0 Å². The van der Waals surface area contributed by atoms with Crippen molar-refractivity contribution in [2.45, 2.75) is 34.6 Å². The lowest BCUT2D eigenvalue weighted by atomic mass is 10.2. The van der Waals surface area contributed by atoms with Gasteiger partial charge >= 0.3 is 0 Å². The van der Waals surface area contributed by atoms with Crippen molar-refractivity contribution in [2.75, 3.05) is 39.3 Å². The molecule has 0 spiro atoms. The van der Waals surface area contributed by atoms with E-state index in [1.807, 2.05) is 0 Å². The van der Waals surface area contributed by atoms with Crippen LogP contribution in [0.4, 0.5) is 0 Å². The first-order valence-corrected chi connectivity index (χ1v) is 6.08. The highest BCUT2D eigenvalue weighted by Crippen LogP contribution is 1.98. The van der Waals surface area contributed by atoms with Gasteiger partial charge in [-0.05, 0) is 25.6 Å². The molecule has 0 aromatic rings. The summed E-state index contributed by atoms with van der Waals surface area (Å²) in [4.78, 5) is 5.03. The maximum atomic E-state index is 2.54. The van der Waals surface area contributed by atoms with E-state index in [9.17, 15) is 0 Å². The van der Waals surface area contributed by atoms with Gasteiger partial charge < -0.3 is 9.80 Å². The molecule has 0 rings (SSSR count). The first-order chi connectivity index (χ1) is 6.63. The molecular formula is C12H28N2. The molecule has 0 aromatic carbocycles. The quantitative estimate of drug-likeness (QED) is 0.593. The molecule has 14 heavy (non-hydrogen) atoms. The summed E-state index contributed by atoms with van der Waals surface area (Å²) in [5.74, 6) is 0.784. The van der Waals surface area contributed by atoms with Crippen LogP contribution in [0.3, 0.4) is 0 Å². The molecule has 0 saturated carbocycles. The Morgan fingerprint density at radius 1 is 0.786 bits per heavy atom. The number of likely N-dealkylation sites (N-methyl/N-ethyl adjacent to an activating group) is 2. The van der Waals surface area contributed by atoms with E-state index in [4.69, 9.17) is 0 Å². The minimum Gasteiger partial charge on any atom is -0.303 e. The SMILES string of the molecule is CCN(CC)CCN(CC)CC(C)C. The first-order valence-electron chi connectivity index (χ1n) is 6.08. The van der Waals surface area contributed by atoms with Gasteiger partial charge in [0, 0.05) is 19.6 Å². The zero-order chi connectivity index (χ0) is 11.0. The Balaban J connectivity index is 3.70. The van der Waals surface area contributed by atoms with Crippen molar-refractivity contribution in [1.82, 2.24) is 9.80 Å². The maximum absolute atomic E-state index is 2.54. The molecule has 86 valence electrons. The molecule has 0 aliphatic heterocycles. The second kappa shape index (κ2) is 8.25. The molecule has 0 atom stereocenters. The highest BCUT2D eigenvalue weighted by Gasteiger charge is 2.06. The lowest BCUT2D eigenvalue weighted by Gasteiger charge is -2.26. The molecule has 0 aromatic heterocycles. The molecule has 0 heterocycles. The van der Waals surface area contributed by atoms with Crippen LogP contribution >= 0.6 is 0 Å². The third-order valence-electron chi connectivity index (χ3n) is 2.70. The van der Waals surface area contributed by atoms with E-state index in [2.05, 4.69) is 44.4 Å². The Kier molecular flexibility index (Phi) is 8.20. The Labute approximate surface area is 90.3 Å². The number of rotatable bonds is 8. The topological polar surface area (TPSA) is 6.48 Å². The third-order valence-corrected chi connectivity index (χ3v) is 2.70. The summed E-state index contributed by atoms with van der Waals surface area (Å²) in [5.41, 5.74) is 0. The van der Waals surface area contributed by atoms with Gasteiger partial charge in [0.2, 0.25) is 0 Å². The molecule has 0 bridgehead atoms. The van der Waals surface area contributed by atoms with Gasteiger partial charge in [-0.15, -0.1) is 0 Å². The van der Waals surface area contributed by atoms with Crippen molar-refractivity contribution in [3.8, 4) is 0 Å². The largest absolute Gasteiger partial charge is 0.303 e. The average molecular weight is 200 g/mol. The average Bonchev–Trinajstić information content (AvgIpc) is 2.17. The van der Waals surface area contributed by atoms with Crippen LogP contribution in [0.15, 0.2) is 0 Å². The lowest BCUT2D eigenvalue weighted by molar-refractivity contribution is 0.205. The van der Waals surface area contributed by atoms with Crippen LogP contribution in [0.25, 0.3) is 0 Å². The van der Waals surface area contributed by atoms with Crippen LogP contribution in [-0.4, -0.2) is 49.1 Å². The minimum atomic E-state index is 0.784. The van der Waals surface area contributed by atoms with Crippen molar-refractivity contribution in [1.29, 1.82) is 0 Å². The van der Waals surface area contributed by atoms with E-state index in [-0.39, 0.29) is 0 Å². The summed E-state index contributed by atoms with van der Waals surface area (Å²) >= 11 is 0. The maximum Gasteiger partial charge on any atom is 0.0109 e. The summed E-state index contributed by atoms with van der Waals surface area (Å²) < 4.78 is 0. The fraction of sp³-hybridized carbons (Fsp3) is 1.00. The van der Waals surface area contributed by atoms with Crippen molar-refractivity contribution < 1.29 is 0 Å². The van der Waals surface area contributed by atoms with Crippen molar-refractivity contribution in [2.24, 2.45) is 5.92 Å². The first kappa shape index (κ1) is 13.9. The molecule has 0 amide bonds. The fourth-order valence-corrected chi connectivity index (χ4v) is 1.72. The van der Waals surface area contributed by atoms with Crippen LogP contribution in [0.5, 0.6) is 0 Å². The Morgan fingerprint density at radius 3 is 1.57 bits per heavy atom. The molecule has 0 aliphatic rings. The molecule has 0 radical (unpaired) electrons. The molecule has 2 nitrogen and oxygen atoms in total. The highest BCUT2D eigenvalue weighted by molar-refractivity contribution is 4.61. The summed E-state index contributed by atoms with van der Waals surface area (Å²) in [6.07, 6.45) is 0. The smallest absolute Gasteiger partial charge is 0.0109 e. The molecule has 0 unspecified atom stereocenters. The molecule has 0 fully saturated rings. The summed E-state index contributed by atoms with van der Waals surface area (Å²) in [6.45, 7) is 18.5. The van der Waals surface area contributed by atoms with Crippen LogP contribution in [0.2, 0.25) is 0 Å². The molecule has 0 aliphatic carbocycles. The summed E-state index contributed by atoms with van der Waals surface area (Å²) in [7, 11) is 0. The third kappa shape index (κ3) is 6.39. The number of hydrogen-bond acceptors (Lipinski definition) is 2. The zero-order valence-electron chi connectivity index (χ0n) is 10.7. The van der Waals surface area contributed by atoms with Crippen LogP contribution < -0.4 is 0 Å². The van der Waals surface area contributed by atoms with Gasteiger partial charge in [0.25, 0.3) is 0 Å². The number of hydrogen-bond donors (Lipinski definition) is 0. The molecule has 0 saturated heterocycles. The van der Waals surface area contributed by atoms with Crippen molar-refractivity contribution >= 4 is 0 Å². The van der Waals surface area contributed by atoms with Gasteiger partial charge in [0.15, 0.2) is 0 Å². The summed E-state index contributed by atoms with van der Waals surface area (Å²) in [5, 5.41) is 0. The Hall–Kier alpha value is -0.0800. The van der Waals surface area contributed by atoms with E-state index >= 15 is 0 Å². The van der Waals surface area contributed by atoms with E-state index in [0.29, 0.717) is 0 Å². The second-order valence-corrected chi connectivity index (χ2v) is 4.31. The number of nitrogens with zero attached hydrogens (tertiary/aromatic N) is 2. The fourth-order valence-electron chi connectivity index (χ4n) is 1.72. The van der Waals surface area contributed by atoms with Gasteiger partial charge in [0.05, 0.1) is 0 Å². The van der Waals surface area contributed by atoms with E-state index in [1.54, 1.807) is 0 Å². The van der Waals surface area contributed by atoms with E-state index in [0.717, 1.165) is 5.92 Å². The highest BCUT2D eigenvalue weighted by atomic mass is 15.2. The van der Waals surface area contributed by atoms with Gasteiger partial charge in [0.1, 0.15) is 0 Å². The van der Waals surface area contributed by atoms with Gasteiger partial charge in [-0.1, -0.05) is 34.6 Å². The molecule has 0 N–H and O–H groups in total. The standard InChI is InChI=1S/C12H28N2/c1-6-13(7-2)9-10-14(8-3)11-12(4)5/h12H,6-11H2,1-5H3. The normalized spacial score (nSPS) is 12.0. The minimum absolute atomic E-state index is 0.784. The predicted molar refractivity (Wildman–Crippen MR) is 64.7 cm³/mol. The Morgan fingerprint density at radius 2 is 1.21 bits per heavy atom. The second-order valence-electron chi connectivity index (χ2n) is 4.31. The monoisotopic (exact) mass is 200 g/mol.